The Hall–Kier alpha value is -4.32. The first-order valence-electron chi connectivity index (χ1n) is 14.3. The lowest BCUT2D eigenvalue weighted by Gasteiger charge is -2.32. The summed E-state index contributed by atoms with van der Waals surface area (Å²) in [6.07, 6.45) is -0.679. The van der Waals surface area contributed by atoms with E-state index in [2.05, 4.69) is 62.9 Å². The second kappa shape index (κ2) is 13.5. The maximum Gasteiger partial charge on any atom is 0.573 e. The molecule has 3 aromatic carbocycles. The quantitative estimate of drug-likeness (QED) is 0.206. The standard InChI is InChI=1S/C32H33F3N6O2S/c1-21-18-22(2)28(23(3)19-21)40-16-5-17-44-31(40)38-30(42)36-15-4-6-24-7-9-25(10-8-24)29-37-20-41(39-29)26-11-13-27(14-12-26)43-32(33,34)35/h7-14,18-20H,4-6,15-17H2,1-3H3,(H,36,42)/b38-31-. The molecule has 0 saturated carbocycles. The summed E-state index contributed by atoms with van der Waals surface area (Å²) in [5.74, 6) is 1.12. The van der Waals surface area contributed by atoms with Gasteiger partial charge in [-0.1, -0.05) is 53.7 Å². The van der Waals surface area contributed by atoms with E-state index in [1.807, 2.05) is 24.3 Å². The van der Waals surface area contributed by atoms with Crippen molar-refractivity contribution in [2.75, 3.05) is 23.7 Å². The lowest BCUT2D eigenvalue weighted by molar-refractivity contribution is -0.274. The third-order valence-electron chi connectivity index (χ3n) is 7.05. The van der Waals surface area contributed by atoms with Crippen molar-refractivity contribution in [1.29, 1.82) is 0 Å². The van der Waals surface area contributed by atoms with Crippen molar-refractivity contribution in [3.63, 3.8) is 0 Å². The average Bonchev–Trinajstić information content (AvgIpc) is 3.46. The molecule has 0 radical (unpaired) electrons. The van der Waals surface area contributed by atoms with Crippen LogP contribution in [0.25, 0.3) is 17.1 Å². The molecule has 1 aromatic heterocycles. The van der Waals surface area contributed by atoms with Crippen LogP contribution in [0.1, 0.15) is 35.1 Å². The van der Waals surface area contributed by atoms with Gasteiger partial charge in [0.25, 0.3) is 0 Å². The molecule has 1 aliphatic heterocycles. The van der Waals surface area contributed by atoms with E-state index in [1.165, 1.54) is 52.0 Å². The van der Waals surface area contributed by atoms with Crippen molar-refractivity contribution < 1.29 is 22.7 Å². The molecule has 5 rings (SSSR count). The third kappa shape index (κ3) is 7.98. The minimum atomic E-state index is -4.74. The fourth-order valence-electron chi connectivity index (χ4n) is 5.21. The predicted octanol–water partition coefficient (Wildman–Crippen LogP) is 7.40. The maximum atomic E-state index is 12.7. The molecule has 0 bridgehead atoms. The van der Waals surface area contributed by atoms with Crippen molar-refractivity contribution in [2.45, 2.75) is 46.4 Å². The number of rotatable bonds is 8. The molecule has 0 spiro atoms. The topological polar surface area (TPSA) is 84.6 Å². The Kier molecular flexibility index (Phi) is 9.58. The van der Waals surface area contributed by atoms with Gasteiger partial charge in [0.05, 0.1) is 5.69 Å². The number of amidine groups is 1. The van der Waals surface area contributed by atoms with Crippen LogP contribution >= 0.6 is 11.8 Å². The normalized spacial score (nSPS) is 14.6. The van der Waals surface area contributed by atoms with Gasteiger partial charge in [-0.05, 0) is 81.0 Å². The van der Waals surface area contributed by atoms with Gasteiger partial charge in [-0.15, -0.1) is 18.3 Å². The number of alkyl halides is 3. The van der Waals surface area contributed by atoms with Crippen molar-refractivity contribution in [1.82, 2.24) is 20.1 Å². The van der Waals surface area contributed by atoms with Gasteiger partial charge in [0.2, 0.25) is 0 Å². The van der Waals surface area contributed by atoms with Gasteiger partial charge in [0, 0.05) is 30.1 Å². The third-order valence-corrected chi connectivity index (χ3v) is 8.11. The van der Waals surface area contributed by atoms with E-state index in [0.29, 0.717) is 18.1 Å². The number of hydrogen-bond acceptors (Lipinski definition) is 5. The number of halogens is 3. The Bertz CT molecular complexity index is 1610. The molecule has 230 valence electrons. The minimum absolute atomic E-state index is 0.303. The van der Waals surface area contributed by atoms with Gasteiger partial charge in [-0.2, -0.15) is 4.99 Å². The summed E-state index contributed by atoms with van der Waals surface area (Å²) in [4.78, 5) is 23.6. The Morgan fingerprint density at radius 3 is 2.43 bits per heavy atom. The van der Waals surface area contributed by atoms with E-state index in [0.717, 1.165) is 53.5 Å². The number of hydrogen-bond donors (Lipinski definition) is 1. The van der Waals surface area contributed by atoms with Crippen LogP contribution in [-0.2, 0) is 6.42 Å². The Labute approximate surface area is 258 Å². The molecule has 8 nitrogen and oxygen atoms in total. The summed E-state index contributed by atoms with van der Waals surface area (Å²) in [6, 6.07) is 17.2. The first-order chi connectivity index (χ1) is 21.1. The number of anilines is 1. The molecule has 2 amide bonds. The van der Waals surface area contributed by atoms with Crippen LogP contribution in [0.5, 0.6) is 5.75 Å². The molecule has 4 aromatic rings. The number of ether oxygens (including phenoxy) is 1. The van der Waals surface area contributed by atoms with Crippen molar-refractivity contribution >= 4 is 28.6 Å². The highest BCUT2D eigenvalue weighted by Gasteiger charge is 2.31. The van der Waals surface area contributed by atoms with E-state index in [4.69, 9.17) is 0 Å². The van der Waals surface area contributed by atoms with E-state index in [-0.39, 0.29) is 11.8 Å². The van der Waals surface area contributed by atoms with Crippen molar-refractivity contribution in [3.05, 3.63) is 89.2 Å². The van der Waals surface area contributed by atoms with E-state index < -0.39 is 6.36 Å². The van der Waals surface area contributed by atoms with Gasteiger partial charge in [-0.25, -0.2) is 14.5 Å². The number of carbonyl (C=O) groups excluding carboxylic acids is 1. The molecule has 1 saturated heterocycles. The van der Waals surface area contributed by atoms with Crippen LogP contribution < -0.4 is 15.0 Å². The first kappa shape index (κ1) is 31.1. The lowest BCUT2D eigenvalue weighted by Crippen LogP contribution is -2.36. The van der Waals surface area contributed by atoms with E-state index in [1.54, 1.807) is 11.8 Å². The minimum Gasteiger partial charge on any atom is -0.406 e. The van der Waals surface area contributed by atoms with Crippen LogP contribution in [0.15, 0.2) is 72.0 Å². The van der Waals surface area contributed by atoms with E-state index >= 15 is 0 Å². The number of nitrogens with zero attached hydrogens (tertiary/aromatic N) is 5. The molecule has 2 heterocycles. The molecule has 12 heteroatoms. The van der Waals surface area contributed by atoms with Gasteiger partial charge >= 0.3 is 12.4 Å². The molecular formula is C32H33F3N6O2S. The molecule has 1 N–H and O–H groups in total. The number of aromatic nitrogens is 3. The summed E-state index contributed by atoms with van der Waals surface area (Å²) in [5.41, 5.74) is 7.18. The van der Waals surface area contributed by atoms with Crippen LogP contribution in [0, 0.1) is 20.8 Å². The van der Waals surface area contributed by atoms with Crippen LogP contribution in [0.4, 0.5) is 23.7 Å². The van der Waals surface area contributed by atoms with Crippen LogP contribution in [0.3, 0.4) is 0 Å². The monoisotopic (exact) mass is 622 g/mol. The number of carbonyl (C=O) groups is 1. The number of amides is 2. The summed E-state index contributed by atoms with van der Waals surface area (Å²) < 4.78 is 42.6. The van der Waals surface area contributed by atoms with Gasteiger partial charge in [0.15, 0.2) is 11.0 Å². The number of nitrogens with one attached hydrogen (secondary N) is 1. The number of aryl methyl sites for hydroxylation is 4. The number of benzene rings is 3. The van der Waals surface area contributed by atoms with Crippen LogP contribution in [0.2, 0.25) is 0 Å². The Balaban J connectivity index is 1.12. The SMILES string of the molecule is Cc1cc(C)c(N2CCCS/C2=N\C(=O)NCCCc2ccc(-c3ncn(-c4ccc(OC(F)(F)F)cc4)n3)cc2)c(C)c1. The zero-order chi connectivity index (χ0) is 31.3. The molecule has 0 unspecified atom stereocenters. The summed E-state index contributed by atoms with van der Waals surface area (Å²) in [5, 5.41) is 8.11. The molecule has 44 heavy (non-hydrogen) atoms. The predicted molar refractivity (Wildman–Crippen MR) is 168 cm³/mol. The molecule has 1 aliphatic rings. The van der Waals surface area contributed by atoms with Gasteiger partial charge < -0.3 is 15.0 Å². The highest BCUT2D eigenvalue weighted by Crippen LogP contribution is 2.32. The van der Waals surface area contributed by atoms with Crippen LogP contribution in [-0.4, -0.2) is 51.2 Å². The second-order valence-electron chi connectivity index (χ2n) is 10.6. The van der Waals surface area contributed by atoms with E-state index in [9.17, 15) is 18.0 Å². The smallest absolute Gasteiger partial charge is 0.406 e. The molecule has 1 fully saturated rings. The van der Waals surface area contributed by atoms with Gasteiger partial charge in [-0.3, -0.25) is 0 Å². The van der Waals surface area contributed by atoms with Crippen molar-refractivity contribution in [3.8, 4) is 22.8 Å². The Morgan fingerprint density at radius 2 is 1.75 bits per heavy atom. The lowest BCUT2D eigenvalue weighted by atomic mass is 10.0. The summed E-state index contributed by atoms with van der Waals surface area (Å²) in [7, 11) is 0. The largest absolute Gasteiger partial charge is 0.573 e. The Morgan fingerprint density at radius 1 is 1.05 bits per heavy atom. The average molecular weight is 623 g/mol. The zero-order valence-corrected chi connectivity index (χ0v) is 25.5. The summed E-state index contributed by atoms with van der Waals surface area (Å²) in [6.45, 7) is 7.63. The van der Waals surface area contributed by atoms with Gasteiger partial charge in [0.1, 0.15) is 12.1 Å². The molecule has 0 aliphatic carbocycles. The number of thioether (sulfide) groups is 1. The maximum absolute atomic E-state index is 12.7. The highest BCUT2D eigenvalue weighted by molar-refractivity contribution is 8.14. The molecule has 0 atom stereocenters. The number of urea groups is 1. The second-order valence-corrected chi connectivity index (χ2v) is 11.6. The fourth-order valence-corrected chi connectivity index (χ4v) is 6.15. The fraction of sp³-hybridized carbons (Fsp3) is 0.312. The number of aliphatic imine (C=N–C) groups is 1. The zero-order valence-electron chi connectivity index (χ0n) is 24.7. The summed E-state index contributed by atoms with van der Waals surface area (Å²) >= 11 is 1.62. The first-order valence-corrected chi connectivity index (χ1v) is 15.3. The molecular weight excluding hydrogens is 589 g/mol. The highest BCUT2D eigenvalue weighted by atomic mass is 32.2. The van der Waals surface area contributed by atoms with Crippen molar-refractivity contribution in [2.24, 2.45) is 4.99 Å².